The second kappa shape index (κ2) is 9.28. The molecule has 0 bridgehead atoms. The van der Waals surface area contributed by atoms with Crippen molar-refractivity contribution in [1.82, 2.24) is 4.90 Å². The first-order chi connectivity index (χ1) is 15.5. The molecule has 3 aromatic carbocycles. The molecule has 4 rings (SSSR count). The first-order valence-electron chi connectivity index (χ1n) is 10.5. The number of carbonyl (C=O) groups excluding carboxylic acids is 1. The van der Waals surface area contributed by atoms with Crippen molar-refractivity contribution in [2.24, 2.45) is 0 Å². The third-order valence-electron chi connectivity index (χ3n) is 5.89. The lowest BCUT2D eigenvalue weighted by Crippen LogP contribution is -2.41. The Labute approximate surface area is 186 Å². The van der Waals surface area contributed by atoms with Crippen LogP contribution in [0, 0.1) is 0 Å². The van der Waals surface area contributed by atoms with Gasteiger partial charge < -0.3 is 19.9 Å². The van der Waals surface area contributed by atoms with E-state index in [1.807, 2.05) is 59.5 Å². The molecule has 0 saturated heterocycles. The number of hydrogen-bond donors (Lipinski definition) is 2. The number of carboxylic acids is 1. The number of methoxy groups -OCH3 is 2. The number of carboxylic acid groups (broad SMARTS) is 1. The lowest BCUT2D eigenvalue weighted by molar-refractivity contribution is -0.139. The number of rotatable bonds is 7. The monoisotopic (exact) mass is 434 g/mol. The van der Waals surface area contributed by atoms with E-state index in [-0.39, 0.29) is 18.9 Å². The van der Waals surface area contributed by atoms with Gasteiger partial charge in [-0.15, -0.1) is 0 Å². The molecule has 0 aliphatic carbocycles. The molecule has 1 amide bonds. The fraction of sp³-hybridized carbons (Fsp3) is 0.280. The summed E-state index contributed by atoms with van der Waals surface area (Å²) in [7, 11) is 3.13. The summed E-state index contributed by atoms with van der Waals surface area (Å²) in [4.78, 5) is 26.5. The van der Waals surface area contributed by atoms with Crippen molar-refractivity contribution in [3.63, 3.8) is 0 Å². The van der Waals surface area contributed by atoms with Crippen LogP contribution in [0.1, 0.15) is 23.6 Å². The van der Waals surface area contributed by atoms with Crippen LogP contribution < -0.4 is 14.8 Å². The number of anilines is 1. The Balaban J connectivity index is 1.58. The lowest BCUT2D eigenvalue weighted by atomic mass is 9.90. The maximum Gasteiger partial charge on any atom is 0.305 e. The van der Waals surface area contributed by atoms with E-state index in [0.717, 1.165) is 27.6 Å². The predicted molar refractivity (Wildman–Crippen MR) is 122 cm³/mol. The molecule has 1 atom stereocenters. The van der Waals surface area contributed by atoms with Crippen LogP contribution in [0.25, 0.3) is 10.8 Å². The average molecular weight is 434 g/mol. The van der Waals surface area contributed by atoms with Crippen molar-refractivity contribution in [3.8, 4) is 11.5 Å². The fourth-order valence-corrected chi connectivity index (χ4v) is 4.38. The van der Waals surface area contributed by atoms with Gasteiger partial charge in [0.15, 0.2) is 11.5 Å². The van der Waals surface area contributed by atoms with Gasteiger partial charge in [0.1, 0.15) is 0 Å². The quantitative estimate of drug-likeness (QED) is 0.587. The first-order valence-corrected chi connectivity index (χ1v) is 10.5. The maximum absolute atomic E-state index is 12.9. The van der Waals surface area contributed by atoms with Gasteiger partial charge in [-0.2, -0.15) is 0 Å². The van der Waals surface area contributed by atoms with E-state index in [4.69, 9.17) is 9.47 Å². The summed E-state index contributed by atoms with van der Waals surface area (Å²) in [5, 5.41) is 14.5. The zero-order chi connectivity index (χ0) is 22.7. The maximum atomic E-state index is 12.9. The number of hydrogen-bond acceptors (Lipinski definition) is 5. The molecule has 1 heterocycles. The molecule has 166 valence electrons. The Kier molecular flexibility index (Phi) is 6.28. The summed E-state index contributed by atoms with van der Waals surface area (Å²) in [5.74, 6) is 0.0592. The van der Waals surface area contributed by atoms with Crippen LogP contribution in [0.4, 0.5) is 5.69 Å². The molecule has 2 N–H and O–H groups in total. The summed E-state index contributed by atoms with van der Waals surface area (Å²) in [6.45, 7) is 0.665. The minimum Gasteiger partial charge on any atom is -0.493 e. The smallest absolute Gasteiger partial charge is 0.305 e. The number of aliphatic carboxylic acids is 1. The molecule has 0 spiro atoms. The van der Waals surface area contributed by atoms with Crippen molar-refractivity contribution in [1.29, 1.82) is 0 Å². The molecule has 0 radical (unpaired) electrons. The number of ether oxygens (including phenoxy) is 2. The van der Waals surface area contributed by atoms with Crippen molar-refractivity contribution >= 4 is 28.3 Å². The molecule has 3 aromatic rings. The van der Waals surface area contributed by atoms with Crippen LogP contribution in [0.5, 0.6) is 11.5 Å². The van der Waals surface area contributed by atoms with E-state index in [9.17, 15) is 14.7 Å². The van der Waals surface area contributed by atoms with E-state index in [2.05, 4.69) is 5.32 Å². The van der Waals surface area contributed by atoms with Gasteiger partial charge >= 0.3 is 5.97 Å². The highest BCUT2D eigenvalue weighted by atomic mass is 16.5. The lowest BCUT2D eigenvalue weighted by Gasteiger charge is -2.36. The van der Waals surface area contributed by atoms with E-state index in [1.54, 1.807) is 14.2 Å². The highest BCUT2D eigenvalue weighted by Crippen LogP contribution is 2.39. The number of carbonyl (C=O) groups is 2. The number of benzene rings is 3. The van der Waals surface area contributed by atoms with Crippen molar-refractivity contribution in [3.05, 3.63) is 65.7 Å². The van der Waals surface area contributed by atoms with Crippen LogP contribution in [0.3, 0.4) is 0 Å². The molecule has 7 heteroatoms. The molecule has 0 saturated carbocycles. The van der Waals surface area contributed by atoms with Gasteiger partial charge in [-0.25, -0.2) is 0 Å². The molecule has 0 fully saturated rings. The fourth-order valence-electron chi connectivity index (χ4n) is 4.38. The molecule has 0 aromatic heterocycles. The Morgan fingerprint density at radius 2 is 1.78 bits per heavy atom. The van der Waals surface area contributed by atoms with Gasteiger partial charge in [0, 0.05) is 23.7 Å². The highest BCUT2D eigenvalue weighted by molar-refractivity contribution is 6.02. The SMILES string of the molecule is COc1cc2c(cc1OC)[C@@H](CC(=O)O)N(CC(=O)Nc1cccc3ccccc13)CC2. The van der Waals surface area contributed by atoms with Crippen LogP contribution >= 0.6 is 0 Å². The predicted octanol–water partition coefficient (Wildman–Crippen LogP) is 3.87. The normalized spacial score (nSPS) is 15.8. The van der Waals surface area contributed by atoms with Crippen LogP contribution in [-0.4, -0.2) is 49.2 Å². The molecule has 1 aliphatic heterocycles. The summed E-state index contributed by atoms with van der Waals surface area (Å²) < 4.78 is 10.8. The Morgan fingerprint density at radius 1 is 1.06 bits per heavy atom. The third-order valence-corrected chi connectivity index (χ3v) is 5.89. The molecular formula is C25H26N2O5. The van der Waals surface area contributed by atoms with Crippen LogP contribution in [0.2, 0.25) is 0 Å². The van der Waals surface area contributed by atoms with E-state index < -0.39 is 12.0 Å². The minimum atomic E-state index is -0.919. The summed E-state index contributed by atoms with van der Waals surface area (Å²) in [6, 6.07) is 16.9. The molecule has 7 nitrogen and oxygen atoms in total. The van der Waals surface area contributed by atoms with Gasteiger partial charge in [0.25, 0.3) is 0 Å². The molecular weight excluding hydrogens is 408 g/mol. The first kappa shape index (κ1) is 21.6. The Morgan fingerprint density at radius 3 is 2.53 bits per heavy atom. The Hall–Kier alpha value is -3.58. The van der Waals surface area contributed by atoms with Gasteiger partial charge in [-0.1, -0.05) is 36.4 Å². The van der Waals surface area contributed by atoms with Crippen LogP contribution in [-0.2, 0) is 16.0 Å². The second-order valence-electron chi connectivity index (χ2n) is 7.82. The van der Waals surface area contributed by atoms with Gasteiger partial charge in [-0.3, -0.25) is 14.5 Å². The van der Waals surface area contributed by atoms with E-state index in [1.165, 1.54) is 0 Å². The number of nitrogens with zero attached hydrogens (tertiary/aromatic N) is 1. The zero-order valence-corrected chi connectivity index (χ0v) is 18.1. The Bertz CT molecular complexity index is 1160. The molecule has 32 heavy (non-hydrogen) atoms. The average Bonchev–Trinajstić information content (AvgIpc) is 2.79. The largest absolute Gasteiger partial charge is 0.493 e. The number of fused-ring (bicyclic) bond motifs is 2. The third kappa shape index (κ3) is 4.38. The van der Waals surface area contributed by atoms with Crippen molar-refractivity contribution in [2.45, 2.75) is 18.9 Å². The highest BCUT2D eigenvalue weighted by Gasteiger charge is 2.32. The number of nitrogens with one attached hydrogen (secondary N) is 1. The van der Waals surface area contributed by atoms with Crippen LogP contribution in [0.15, 0.2) is 54.6 Å². The van der Waals surface area contributed by atoms with Gasteiger partial charge in [-0.05, 0) is 41.1 Å². The summed E-state index contributed by atoms with van der Waals surface area (Å²) in [6.07, 6.45) is 0.581. The standard InChI is InChI=1S/C25H26N2O5/c1-31-22-12-17-10-11-27(21(14-25(29)30)19(17)13-23(22)32-2)15-24(28)26-20-9-5-7-16-6-3-4-8-18(16)20/h3-9,12-13,21H,10-11,14-15H2,1-2H3,(H,26,28)(H,29,30)/t21-/m1/s1. The summed E-state index contributed by atoms with van der Waals surface area (Å²) >= 11 is 0. The van der Waals surface area contributed by atoms with Crippen molar-refractivity contribution < 1.29 is 24.2 Å². The van der Waals surface area contributed by atoms with Gasteiger partial charge in [0.05, 0.1) is 27.2 Å². The minimum absolute atomic E-state index is 0.0922. The van der Waals surface area contributed by atoms with E-state index in [0.29, 0.717) is 24.5 Å². The molecule has 0 unspecified atom stereocenters. The van der Waals surface area contributed by atoms with Gasteiger partial charge in [0.2, 0.25) is 5.91 Å². The molecule has 1 aliphatic rings. The van der Waals surface area contributed by atoms with Crippen molar-refractivity contribution in [2.75, 3.05) is 32.6 Å². The topological polar surface area (TPSA) is 88.1 Å². The summed E-state index contributed by atoms with van der Waals surface area (Å²) in [5.41, 5.74) is 2.61. The zero-order valence-electron chi connectivity index (χ0n) is 18.1. The second-order valence-corrected chi connectivity index (χ2v) is 7.82. The number of amides is 1. The van der Waals surface area contributed by atoms with E-state index >= 15 is 0 Å².